The van der Waals surface area contributed by atoms with E-state index in [1.165, 1.54) is 6.21 Å². The highest BCUT2D eigenvalue weighted by Gasteiger charge is 2.62. The number of hydrogen-bond acceptors (Lipinski definition) is 12. The minimum atomic E-state index is -0.671. The fourth-order valence-corrected chi connectivity index (χ4v) is 10.2. The number of rotatable bonds is 8. The summed E-state index contributed by atoms with van der Waals surface area (Å²) in [7, 11) is 3.61. The summed E-state index contributed by atoms with van der Waals surface area (Å²) >= 11 is 0. The number of nitrogens with zero attached hydrogens (tertiary/aromatic N) is 6. The molecule has 2 saturated heterocycles. The Morgan fingerprint density at radius 3 is 2.56 bits per heavy atom. The molecule has 64 heavy (non-hydrogen) atoms. The third-order valence-corrected chi connectivity index (χ3v) is 13.8. The number of hydrogen-bond donors (Lipinski definition) is 4. The van der Waals surface area contributed by atoms with Crippen LogP contribution in [-0.2, 0) is 31.0 Å². The average molecular weight is 869 g/mol. The van der Waals surface area contributed by atoms with Gasteiger partial charge in [0.05, 0.1) is 34.7 Å². The van der Waals surface area contributed by atoms with E-state index in [0.29, 0.717) is 59.5 Å². The van der Waals surface area contributed by atoms with Crippen molar-refractivity contribution in [3.8, 4) is 0 Å². The number of carbonyl (C=O) groups is 5. The number of benzene rings is 2. The van der Waals surface area contributed by atoms with Crippen molar-refractivity contribution in [1.29, 1.82) is 5.41 Å². The van der Waals surface area contributed by atoms with Gasteiger partial charge < -0.3 is 35.5 Å². The molecule has 6 aliphatic rings. The third kappa shape index (κ3) is 7.92. The summed E-state index contributed by atoms with van der Waals surface area (Å²) in [5, 5.41) is 16.9. The molecule has 1 aliphatic carbocycles. The van der Waals surface area contributed by atoms with Crippen LogP contribution >= 0.6 is 0 Å². The summed E-state index contributed by atoms with van der Waals surface area (Å²) in [6.45, 7) is 7.40. The summed E-state index contributed by atoms with van der Waals surface area (Å²) in [5.74, 6) is -0.252. The van der Waals surface area contributed by atoms with Crippen LogP contribution in [0, 0.1) is 18.3 Å². The lowest BCUT2D eigenvalue weighted by Gasteiger charge is -2.37. The Morgan fingerprint density at radius 2 is 1.83 bits per heavy atom. The van der Waals surface area contributed by atoms with Crippen molar-refractivity contribution in [2.45, 2.75) is 89.1 Å². The van der Waals surface area contributed by atoms with Gasteiger partial charge in [-0.15, -0.1) is 0 Å². The fraction of sp³-hybridized carbons (Fsp3) is 0.458. The van der Waals surface area contributed by atoms with Gasteiger partial charge in [0.2, 0.25) is 23.7 Å². The second-order valence-corrected chi connectivity index (χ2v) is 18.1. The Morgan fingerprint density at radius 1 is 1.03 bits per heavy atom. The smallest absolute Gasteiger partial charge is 0.280 e. The third-order valence-electron chi connectivity index (χ3n) is 13.8. The Bertz CT molecular complexity index is 2500. The number of aromatic nitrogens is 1. The number of carbonyl (C=O) groups excluding carboxylic acids is 5. The van der Waals surface area contributed by atoms with Gasteiger partial charge in [-0.2, -0.15) is 4.99 Å². The van der Waals surface area contributed by atoms with Gasteiger partial charge in [0, 0.05) is 81.5 Å². The van der Waals surface area contributed by atoms with Gasteiger partial charge >= 0.3 is 0 Å². The average Bonchev–Trinajstić information content (AvgIpc) is 3.98. The number of likely N-dealkylation sites (tertiary alicyclic amines) is 1. The molecule has 1 aromatic heterocycles. The van der Waals surface area contributed by atoms with Gasteiger partial charge in [-0.3, -0.25) is 39.2 Å². The Hall–Kier alpha value is -6.42. The summed E-state index contributed by atoms with van der Waals surface area (Å²) in [4.78, 5) is 83.8. The van der Waals surface area contributed by atoms with Crippen LogP contribution < -0.4 is 25.8 Å². The first-order valence-corrected chi connectivity index (χ1v) is 22.5. The summed E-state index contributed by atoms with van der Waals surface area (Å²) in [5.41, 5.74) is 6.36. The lowest BCUT2D eigenvalue weighted by molar-refractivity contribution is -0.135. The molecule has 16 heteroatoms. The zero-order valence-corrected chi connectivity index (χ0v) is 37.0. The van der Waals surface area contributed by atoms with E-state index in [9.17, 15) is 24.0 Å². The zero-order valence-electron chi connectivity index (χ0n) is 37.0. The molecule has 2 aromatic carbocycles. The first-order valence-electron chi connectivity index (χ1n) is 22.5. The molecule has 3 aromatic rings. The molecule has 1 saturated carbocycles. The molecule has 4 N–H and O–H groups in total. The van der Waals surface area contributed by atoms with Crippen molar-refractivity contribution in [1.82, 2.24) is 25.4 Å². The molecular formula is C48H56N10O6. The number of allylic oxidation sites excluding steroid dienone is 1. The van der Waals surface area contributed by atoms with Gasteiger partial charge in [-0.25, -0.2) is 0 Å². The number of imide groups is 1. The number of aryl methyl sites for hydroxylation is 1. The Kier molecular flexibility index (Phi) is 11.6. The van der Waals surface area contributed by atoms with E-state index in [-0.39, 0.29) is 36.1 Å². The van der Waals surface area contributed by atoms with Crippen LogP contribution in [0.1, 0.15) is 102 Å². The van der Waals surface area contributed by atoms with Crippen molar-refractivity contribution in [3.63, 3.8) is 0 Å². The van der Waals surface area contributed by atoms with Crippen LogP contribution in [0.5, 0.6) is 0 Å². The molecule has 2 bridgehead atoms. The molecule has 9 rings (SSSR count). The predicted octanol–water partition coefficient (Wildman–Crippen LogP) is 4.76. The molecule has 1 unspecified atom stereocenters. The Labute approximate surface area is 373 Å². The number of nitrogens with one attached hydrogen (secondary N) is 4. The van der Waals surface area contributed by atoms with Crippen molar-refractivity contribution in [2.24, 2.45) is 10.9 Å². The lowest BCUT2D eigenvalue weighted by Crippen LogP contribution is -2.54. The number of piperidine rings is 2. The highest BCUT2D eigenvalue weighted by molar-refractivity contribution is 6.20. The van der Waals surface area contributed by atoms with E-state index in [0.717, 1.165) is 92.8 Å². The molecule has 1 spiro atoms. The van der Waals surface area contributed by atoms with Gasteiger partial charge in [0.1, 0.15) is 6.04 Å². The first kappa shape index (κ1) is 42.9. The molecule has 5 amide bonds. The van der Waals surface area contributed by atoms with E-state index in [4.69, 9.17) is 10.1 Å². The highest BCUT2D eigenvalue weighted by atomic mass is 16.5. The number of ether oxygens (including phenoxy) is 1. The SMILES string of the molecule is CN/C1=C(\C=N)c2cc(cc(C)n2)C(=O)/N=C2\Nc3ccc(C(=O)N(C)C4CCN(CCc5cccc6c5C5(CC5)C(=O)N6C5CCC(=O)NC5=O)CC4)cc3N2C[C@H](C)CCCO1. The second kappa shape index (κ2) is 17.3. The maximum Gasteiger partial charge on any atom is 0.280 e. The van der Waals surface area contributed by atoms with Crippen molar-refractivity contribution < 1.29 is 28.7 Å². The summed E-state index contributed by atoms with van der Waals surface area (Å²) in [6.07, 6.45) is 7.27. The molecule has 16 nitrogen and oxygen atoms in total. The normalized spacial score (nSPS) is 24.3. The standard InChI is InChI=1S/C48H56N10O6/c1-28-7-6-22-64-44(50-3)34(26-49)36-24-32(23-29(2)51-36)42(60)54-47-52-35-11-10-31(25-39(35)57(47)27-28)45(62)55(4)33-15-20-56(21-16-33)19-14-30-8-5-9-37-41(30)48(17-18-48)46(63)58(37)38-12-13-40(59)53-43(38)61/h5,8-11,23-26,28,33,38,49-50H,6-7,12-22,27H2,1-4H3,(H,52,54,60)(H,53,59,61)/b44-34-,49-26?/t28-,38?/m1/s1. The summed E-state index contributed by atoms with van der Waals surface area (Å²) < 4.78 is 6.09. The zero-order chi connectivity index (χ0) is 44.9. The van der Waals surface area contributed by atoms with Crippen LogP contribution in [-0.4, -0.2) is 115 Å². The molecule has 0 radical (unpaired) electrons. The molecule has 3 fully saturated rings. The van der Waals surface area contributed by atoms with Gasteiger partial charge in [0.15, 0.2) is 5.88 Å². The van der Waals surface area contributed by atoms with E-state index in [1.54, 1.807) is 31.0 Å². The van der Waals surface area contributed by atoms with Crippen molar-refractivity contribution in [2.75, 3.05) is 62.0 Å². The van der Waals surface area contributed by atoms with E-state index < -0.39 is 23.3 Å². The maximum absolute atomic E-state index is 14.2. The molecule has 334 valence electrons. The lowest BCUT2D eigenvalue weighted by atomic mass is 9.91. The van der Waals surface area contributed by atoms with Crippen LogP contribution in [0.25, 0.3) is 5.57 Å². The number of fused-ring (bicyclic) bond motifs is 7. The predicted molar refractivity (Wildman–Crippen MR) is 244 cm³/mol. The quantitative estimate of drug-likeness (QED) is 0.180. The van der Waals surface area contributed by atoms with Crippen molar-refractivity contribution >= 4 is 64.3 Å². The highest BCUT2D eigenvalue weighted by Crippen LogP contribution is 2.59. The molecule has 5 aliphatic heterocycles. The molecular weight excluding hydrogens is 813 g/mol. The first-order chi connectivity index (χ1) is 30.9. The van der Waals surface area contributed by atoms with Crippen LogP contribution in [0.2, 0.25) is 0 Å². The van der Waals surface area contributed by atoms with Crippen LogP contribution in [0.15, 0.2) is 59.4 Å². The van der Waals surface area contributed by atoms with E-state index in [1.807, 2.05) is 47.2 Å². The largest absolute Gasteiger partial charge is 0.479 e. The fourth-order valence-electron chi connectivity index (χ4n) is 10.2. The number of pyridine rings is 1. The van der Waals surface area contributed by atoms with Crippen LogP contribution in [0.3, 0.4) is 0 Å². The number of anilines is 3. The minimum absolute atomic E-state index is 0.0181. The summed E-state index contributed by atoms with van der Waals surface area (Å²) in [6, 6.07) is 14.3. The van der Waals surface area contributed by atoms with Crippen LogP contribution in [0.4, 0.5) is 17.1 Å². The monoisotopic (exact) mass is 868 g/mol. The number of aliphatic imine (C=N–C) groups is 1. The van der Waals surface area contributed by atoms with Gasteiger partial charge in [-0.1, -0.05) is 19.1 Å². The van der Waals surface area contributed by atoms with Crippen molar-refractivity contribution in [3.05, 3.63) is 88.1 Å². The number of amides is 5. The minimum Gasteiger partial charge on any atom is -0.479 e. The van der Waals surface area contributed by atoms with Gasteiger partial charge in [0.25, 0.3) is 11.8 Å². The van der Waals surface area contributed by atoms with Gasteiger partial charge in [-0.05, 0) is 112 Å². The Balaban J connectivity index is 0.870. The van der Waals surface area contributed by atoms with E-state index >= 15 is 0 Å². The topological polar surface area (TPSA) is 193 Å². The number of guanidine groups is 1. The maximum atomic E-state index is 14.2. The second-order valence-electron chi connectivity index (χ2n) is 18.1. The molecule has 2 atom stereocenters. The molecule has 6 heterocycles. The van der Waals surface area contributed by atoms with E-state index in [2.05, 4.69) is 43.8 Å².